The Labute approximate surface area is 144 Å². The van der Waals surface area contributed by atoms with Crippen molar-refractivity contribution in [2.75, 3.05) is 18.9 Å². The van der Waals surface area contributed by atoms with E-state index in [4.69, 9.17) is 4.52 Å². The Hall–Kier alpha value is -3.22. The lowest BCUT2D eigenvalue weighted by atomic mass is 10.1. The number of para-hydroxylation sites is 1. The number of aromatic nitrogens is 2. The van der Waals surface area contributed by atoms with Crippen molar-refractivity contribution in [3.8, 4) is 0 Å². The highest BCUT2D eigenvalue weighted by Crippen LogP contribution is 2.17. The van der Waals surface area contributed by atoms with Crippen molar-refractivity contribution in [3.05, 3.63) is 53.9 Å². The molecule has 7 heteroatoms. The summed E-state index contributed by atoms with van der Waals surface area (Å²) in [5.74, 6) is 0.439. The van der Waals surface area contributed by atoms with Gasteiger partial charge in [-0.15, -0.1) is 0 Å². The molecule has 0 saturated heterocycles. The number of hydrogen-bond donors (Lipinski definition) is 1. The summed E-state index contributed by atoms with van der Waals surface area (Å²) >= 11 is 0. The molecule has 2 heterocycles. The van der Waals surface area contributed by atoms with E-state index in [0.717, 1.165) is 16.5 Å². The van der Waals surface area contributed by atoms with Crippen LogP contribution in [0.1, 0.15) is 11.3 Å². The average molecular weight is 338 g/mol. The molecular formula is C18H18N4O3. The molecule has 0 fully saturated rings. The molecule has 0 atom stereocenters. The van der Waals surface area contributed by atoms with Crippen LogP contribution in [0.2, 0.25) is 0 Å². The van der Waals surface area contributed by atoms with Gasteiger partial charge in [0.1, 0.15) is 5.76 Å². The van der Waals surface area contributed by atoms with Gasteiger partial charge in [-0.25, -0.2) is 0 Å². The quantitative estimate of drug-likeness (QED) is 0.770. The number of nitrogens with zero attached hydrogens (tertiary/aromatic N) is 3. The van der Waals surface area contributed by atoms with Gasteiger partial charge in [-0.1, -0.05) is 29.4 Å². The van der Waals surface area contributed by atoms with E-state index in [1.165, 1.54) is 4.90 Å². The molecule has 0 aliphatic heterocycles. The van der Waals surface area contributed by atoms with Crippen molar-refractivity contribution in [2.24, 2.45) is 0 Å². The molecule has 7 nitrogen and oxygen atoms in total. The monoisotopic (exact) mass is 338 g/mol. The number of likely N-dealkylation sites (N-methyl/N-ethyl adjacent to an activating group) is 1. The first-order valence-corrected chi connectivity index (χ1v) is 7.82. The predicted octanol–water partition coefficient (Wildman–Crippen LogP) is 2.17. The summed E-state index contributed by atoms with van der Waals surface area (Å²) in [7, 11) is 1.59. The first-order chi connectivity index (χ1) is 12.0. The van der Waals surface area contributed by atoms with E-state index in [-0.39, 0.29) is 24.8 Å². The molecule has 0 spiro atoms. The van der Waals surface area contributed by atoms with Crippen LogP contribution in [0.15, 0.2) is 47.1 Å². The van der Waals surface area contributed by atoms with Gasteiger partial charge in [-0.3, -0.25) is 14.6 Å². The van der Waals surface area contributed by atoms with Crippen LogP contribution in [0.3, 0.4) is 0 Å². The Morgan fingerprint density at radius 1 is 1.24 bits per heavy atom. The van der Waals surface area contributed by atoms with Crippen LogP contribution in [0.5, 0.6) is 0 Å². The number of anilines is 1. The van der Waals surface area contributed by atoms with Gasteiger partial charge in [0.25, 0.3) is 0 Å². The second-order valence-corrected chi connectivity index (χ2v) is 5.79. The summed E-state index contributed by atoms with van der Waals surface area (Å²) in [6, 6.07) is 11.1. The van der Waals surface area contributed by atoms with Crippen molar-refractivity contribution in [3.63, 3.8) is 0 Å². The van der Waals surface area contributed by atoms with E-state index in [0.29, 0.717) is 11.6 Å². The number of fused-ring (bicyclic) bond motifs is 1. The smallest absolute Gasteiger partial charge is 0.245 e. The van der Waals surface area contributed by atoms with Crippen LogP contribution in [-0.4, -0.2) is 40.4 Å². The number of pyridine rings is 1. The Balaban J connectivity index is 1.63. The Kier molecular flexibility index (Phi) is 4.74. The van der Waals surface area contributed by atoms with Crippen molar-refractivity contribution in [2.45, 2.75) is 13.3 Å². The van der Waals surface area contributed by atoms with E-state index in [1.807, 2.05) is 30.3 Å². The number of carbonyl (C=O) groups is 2. The summed E-state index contributed by atoms with van der Waals surface area (Å²) < 4.78 is 4.89. The third-order valence-electron chi connectivity index (χ3n) is 3.76. The SMILES string of the molecule is Cc1cc(NC(=O)CN(C)C(=O)Cc2cccc3cccnc23)no1. The number of hydrogen-bond acceptors (Lipinski definition) is 5. The minimum atomic E-state index is -0.333. The fourth-order valence-electron chi connectivity index (χ4n) is 2.52. The minimum Gasteiger partial charge on any atom is -0.360 e. The molecule has 0 saturated carbocycles. The minimum absolute atomic E-state index is 0.0665. The van der Waals surface area contributed by atoms with Crippen LogP contribution in [0, 0.1) is 6.92 Å². The third-order valence-corrected chi connectivity index (χ3v) is 3.76. The molecule has 1 N–H and O–H groups in total. The molecule has 128 valence electrons. The molecule has 1 aromatic carbocycles. The highest BCUT2D eigenvalue weighted by atomic mass is 16.5. The Morgan fingerprint density at radius 3 is 2.80 bits per heavy atom. The summed E-state index contributed by atoms with van der Waals surface area (Å²) in [6.07, 6.45) is 1.88. The summed E-state index contributed by atoms with van der Waals surface area (Å²) in [5, 5.41) is 7.26. The summed E-state index contributed by atoms with van der Waals surface area (Å²) in [5.41, 5.74) is 1.64. The maximum Gasteiger partial charge on any atom is 0.245 e. The number of amides is 2. The number of rotatable bonds is 5. The predicted molar refractivity (Wildman–Crippen MR) is 93.0 cm³/mol. The van der Waals surface area contributed by atoms with E-state index >= 15 is 0 Å². The number of nitrogens with one attached hydrogen (secondary N) is 1. The van der Waals surface area contributed by atoms with Gasteiger partial charge in [-0.2, -0.15) is 0 Å². The fourth-order valence-corrected chi connectivity index (χ4v) is 2.52. The number of carbonyl (C=O) groups excluding carboxylic acids is 2. The number of aryl methyl sites for hydroxylation is 1. The van der Waals surface area contributed by atoms with E-state index < -0.39 is 0 Å². The molecule has 0 unspecified atom stereocenters. The normalized spacial score (nSPS) is 10.6. The van der Waals surface area contributed by atoms with Gasteiger partial charge in [0.05, 0.1) is 18.5 Å². The van der Waals surface area contributed by atoms with E-state index in [9.17, 15) is 9.59 Å². The number of benzene rings is 1. The average Bonchev–Trinajstić information content (AvgIpc) is 2.99. The van der Waals surface area contributed by atoms with Gasteiger partial charge >= 0.3 is 0 Å². The zero-order valence-electron chi connectivity index (χ0n) is 14.0. The fraction of sp³-hybridized carbons (Fsp3) is 0.222. The lowest BCUT2D eigenvalue weighted by molar-refractivity contribution is -0.132. The van der Waals surface area contributed by atoms with Crippen LogP contribution in [0.25, 0.3) is 10.9 Å². The Morgan fingerprint density at radius 2 is 2.04 bits per heavy atom. The first-order valence-electron chi connectivity index (χ1n) is 7.82. The van der Waals surface area contributed by atoms with Gasteiger partial charge in [0.15, 0.2) is 5.82 Å². The molecule has 0 radical (unpaired) electrons. The van der Waals surface area contributed by atoms with Crippen LogP contribution in [0.4, 0.5) is 5.82 Å². The van der Waals surface area contributed by atoms with Gasteiger partial charge in [0, 0.05) is 24.7 Å². The summed E-state index contributed by atoms with van der Waals surface area (Å²) in [6.45, 7) is 1.67. The molecule has 3 rings (SSSR count). The highest BCUT2D eigenvalue weighted by Gasteiger charge is 2.16. The standard InChI is InChI=1S/C18H18N4O3/c1-12-9-15(21-25-12)20-16(23)11-22(2)17(24)10-14-6-3-5-13-7-4-8-19-18(13)14/h3-9H,10-11H2,1-2H3,(H,20,21,23). The van der Waals surface area contributed by atoms with Crippen LogP contribution >= 0.6 is 0 Å². The lowest BCUT2D eigenvalue weighted by Crippen LogP contribution is -2.35. The maximum absolute atomic E-state index is 12.4. The van der Waals surface area contributed by atoms with Gasteiger partial charge < -0.3 is 14.7 Å². The highest BCUT2D eigenvalue weighted by molar-refractivity contribution is 5.94. The molecule has 25 heavy (non-hydrogen) atoms. The zero-order valence-corrected chi connectivity index (χ0v) is 14.0. The molecular weight excluding hydrogens is 320 g/mol. The molecule has 0 aliphatic carbocycles. The molecule has 0 aliphatic rings. The largest absolute Gasteiger partial charge is 0.360 e. The zero-order chi connectivity index (χ0) is 17.8. The molecule has 0 bridgehead atoms. The lowest BCUT2D eigenvalue weighted by Gasteiger charge is -2.16. The van der Waals surface area contributed by atoms with E-state index in [2.05, 4.69) is 15.5 Å². The second kappa shape index (κ2) is 7.12. The van der Waals surface area contributed by atoms with Gasteiger partial charge in [-0.05, 0) is 18.6 Å². The van der Waals surface area contributed by atoms with E-state index in [1.54, 1.807) is 26.2 Å². The third kappa shape index (κ3) is 4.00. The maximum atomic E-state index is 12.4. The molecule has 2 aromatic heterocycles. The summed E-state index contributed by atoms with van der Waals surface area (Å²) in [4.78, 5) is 30.2. The van der Waals surface area contributed by atoms with Crippen molar-refractivity contribution in [1.29, 1.82) is 0 Å². The first kappa shape index (κ1) is 16.6. The second-order valence-electron chi connectivity index (χ2n) is 5.79. The Bertz CT molecular complexity index is 914. The van der Waals surface area contributed by atoms with Crippen molar-refractivity contribution < 1.29 is 14.1 Å². The van der Waals surface area contributed by atoms with Crippen molar-refractivity contribution in [1.82, 2.24) is 15.0 Å². The van der Waals surface area contributed by atoms with Crippen LogP contribution in [-0.2, 0) is 16.0 Å². The van der Waals surface area contributed by atoms with Crippen molar-refractivity contribution >= 4 is 28.5 Å². The molecule has 2 amide bonds. The van der Waals surface area contributed by atoms with Crippen LogP contribution < -0.4 is 5.32 Å². The topological polar surface area (TPSA) is 88.3 Å². The molecule has 3 aromatic rings. The van der Waals surface area contributed by atoms with Gasteiger partial charge in [0.2, 0.25) is 11.8 Å².